The Hall–Kier alpha value is -2.48. The van der Waals surface area contributed by atoms with Gasteiger partial charge in [-0.25, -0.2) is 18.4 Å². The number of anilines is 2. The lowest BCUT2D eigenvalue weighted by molar-refractivity contribution is -0.120. The number of aromatic nitrogens is 2. The van der Waals surface area contributed by atoms with Gasteiger partial charge in [-0.05, 0) is 51.0 Å². The van der Waals surface area contributed by atoms with Gasteiger partial charge in [-0.3, -0.25) is 9.52 Å². The van der Waals surface area contributed by atoms with Gasteiger partial charge in [0, 0.05) is 23.4 Å². The molecule has 2 aromatic rings. The maximum Gasteiger partial charge on any atom is 0.263 e. The Morgan fingerprint density at radius 2 is 1.69 bits per heavy atom. The molecule has 2 N–H and O–H groups in total. The van der Waals surface area contributed by atoms with Crippen LogP contribution in [0.5, 0.6) is 0 Å². The van der Waals surface area contributed by atoms with Crippen LogP contribution >= 0.6 is 0 Å². The molecule has 1 aromatic carbocycles. The molecule has 0 radical (unpaired) electrons. The number of carbonyl (C=O) groups excluding carboxylic acids is 1. The summed E-state index contributed by atoms with van der Waals surface area (Å²) in [5, 5.41) is 2.81. The van der Waals surface area contributed by atoms with Crippen LogP contribution in [-0.4, -0.2) is 24.3 Å². The van der Waals surface area contributed by atoms with E-state index in [9.17, 15) is 13.2 Å². The van der Waals surface area contributed by atoms with Gasteiger partial charge in [0.15, 0.2) is 0 Å². The van der Waals surface area contributed by atoms with Gasteiger partial charge in [0.2, 0.25) is 5.91 Å². The number of amides is 1. The van der Waals surface area contributed by atoms with Crippen molar-refractivity contribution < 1.29 is 13.2 Å². The minimum Gasteiger partial charge on any atom is -0.326 e. The van der Waals surface area contributed by atoms with Gasteiger partial charge in [-0.2, -0.15) is 0 Å². The number of hydrogen-bond donors (Lipinski definition) is 2. The lowest BCUT2D eigenvalue weighted by atomic mass is 10.0. The highest BCUT2D eigenvalue weighted by molar-refractivity contribution is 7.92. The molecule has 1 amide bonds. The second kappa shape index (κ2) is 8.27. The Balaban J connectivity index is 2.14. The van der Waals surface area contributed by atoms with Crippen molar-refractivity contribution in [1.29, 1.82) is 0 Å². The van der Waals surface area contributed by atoms with E-state index in [2.05, 4.69) is 20.0 Å². The number of nitrogens with zero attached hydrogens (tertiary/aromatic N) is 2. The molecule has 0 atom stereocenters. The van der Waals surface area contributed by atoms with Crippen molar-refractivity contribution in [3.63, 3.8) is 0 Å². The van der Waals surface area contributed by atoms with Crippen LogP contribution in [0.1, 0.15) is 38.2 Å². The van der Waals surface area contributed by atoms with Crippen LogP contribution < -0.4 is 10.0 Å². The molecule has 26 heavy (non-hydrogen) atoms. The summed E-state index contributed by atoms with van der Waals surface area (Å²) >= 11 is 0. The largest absolute Gasteiger partial charge is 0.326 e. The lowest BCUT2D eigenvalue weighted by Crippen LogP contribution is -2.21. The fraction of sp³-hybridized carbons (Fsp3) is 0.389. The maximum atomic E-state index is 12.5. The SMILES string of the molecule is CCC(CC)C(=O)Nc1ccc(S(=O)(=O)Nc2cc(C)nc(C)n2)cc1. The molecule has 0 fully saturated rings. The molecule has 0 unspecified atom stereocenters. The number of hydrogen-bond acceptors (Lipinski definition) is 5. The normalized spacial score (nSPS) is 11.4. The molecule has 0 bridgehead atoms. The third kappa shape index (κ3) is 5.01. The van der Waals surface area contributed by atoms with E-state index >= 15 is 0 Å². The van der Waals surface area contributed by atoms with Crippen LogP contribution in [0.3, 0.4) is 0 Å². The summed E-state index contributed by atoms with van der Waals surface area (Å²) in [5.74, 6) is 0.600. The minimum atomic E-state index is -3.77. The molecule has 8 heteroatoms. The van der Waals surface area contributed by atoms with Crippen molar-refractivity contribution in [2.24, 2.45) is 5.92 Å². The Bertz CT molecular complexity index is 856. The number of nitrogens with one attached hydrogen (secondary N) is 2. The molecule has 0 aliphatic carbocycles. The average Bonchev–Trinajstić information content (AvgIpc) is 2.55. The number of aryl methyl sites for hydroxylation is 2. The minimum absolute atomic E-state index is 0.0516. The molecular weight excluding hydrogens is 352 g/mol. The number of sulfonamides is 1. The maximum absolute atomic E-state index is 12.5. The van der Waals surface area contributed by atoms with E-state index < -0.39 is 10.0 Å². The van der Waals surface area contributed by atoms with Gasteiger partial charge in [0.1, 0.15) is 11.6 Å². The lowest BCUT2D eigenvalue weighted by Gasteiger charge is -2.13. The molecule has 1 aromatic heterocycles. The summed E-state index contributed by atoms with van der Waals surface area (Å²) in [6, 6.07) is 7.61. The summed E-state index contributed by atoms with van der Waals surface area (Å²) in [6.07, 6.45) is 1.52. The Labute approximate surface area is 154 Å². The first-order chi connectivity index (χ1) is 12.2. The molecule has 2 rings (SSSR count). The van der Waals surface area contributed by atoms with E-state index in [-0.39, 0.29) is 22.5 Å². The monoisotopic (exact) mass is 376 g/mol. The van der Waals surface area contributed by atoms with E-state index in [1.165, 1.54) is 12.1 Å². The Kier molecular flexibility index (Phi) is 6.31. The van der Waals surface area contributed by atoms with Crippen LogP contribution in [0.25, 0.3) is 0 Å². The summed E-state index contributed by atoms with van der Waals surface area (Å²) < 4.78 is 27.4. The summed E-state index contributed by atoms with van der Waals surface area (Å²) in [5.41, 5.74) is 1.24. The third-order valence-corrected chi connectivity index (χ3v) is 5.36. The first-order valence-corrected chi connectivity index (χ1v) is 9.99. The highest BCUT2D eigenvalue weighted by Crippen LogP contribution is 2.19. The highest BCUT2D eigenvalue weighted by Gasteiger charge is 2.17. The molecule has 0 aliphatic heterocycles. The average molecular weight is 376 g/mol. The van der Waals surface area contributed by atoms with E-state index in [0.717, 1.165) is 12.8 Å². The van der Waals surface area contributed by atoms with Gasteiger partial charge in [-0.1, -0.05) is 13.8 Å². The van der Waals surface area contributed by atoms with Crippen LogP contribution in [0.2, 0.25) is 0 Å². The molecule has 0 saturated heterocycles. The topological polar surface area (TPSA) is 101 Å². The smallest absolute Gasteiger partial charge is 0.263 e. The van der Waals surface area contributed by atoms with Gasteiger partial charge < -0.3 is 5.32 Å². The van der Waals surface area contributed by atoms with Crippen molar-refractivity contribution >= 4 is 27.4 Å². The predicted octanol–water partition coefficient (Wildman–Crippen LogP) is 3.27. The first-order valence-electron chi connectivity index (χ1n) is 8.51. The standard InChI is InChI=1S/C18H24N4O3S/c1-5-14(6-2)18(23)21-15-7-9-16(10-8-15)26(24,25)22-17-11-12(3)19-13(4)20-17/h7-11,14H,5-6H2,1-4H3,(H,21,23)(H,19,20,22). The van der Waals surface area contributed by atoms with Crippen molar-refractivity contribution in [1.82, 2.24) is 9.97 Å². The second-order valence-electron chi connectivity index (χ2n) is 6.07. The van der Waals surface area contributed by atoms with E-state index in [1.54, 1.807) is 32.0 Å². The fourth-order valence-electron chi connectivity index (χ4n) is 2.59. The van der Waals surface area contributed by atoms with Gasteiger partial charge >= 0.3 is 0 Å². The quantitative estimate of drug-likeness (QED) is 0.772. The Morgan fingerprint density at radius 3 is 2.23 bits per heavy atom. The molecular formula is C18H24N4O3S. The van der Waals surface area contributed by atoms with E-state index in [0.29, 0.717) is 17.2 Å². The van der Waals surface area contributed by atoms with Crippen LogP contribution in [0, 0.1) is 19.8 Å². The van der Waals surface area contributed by atoms with Crippen LogP contribution in [-0.2, 0) is 14.8 Å². The van der Waals surface area contributed by atoms with Gasteiger partial charge in [0.25, 0.3) is 10.0 Å². The zero-order valence-electron chi connectivity index (χ0n) is 15.4. The summed E-state index contributed by atoms with van der Waals surface area (Å²) in [6.45, 7) is 7.39. The number of benzene rings is 1. The molecule has 140 valence electrons. The van der Waals surface area contributed by atoms with Gasteiger partial charge in [-0.15, -0.1) is 0 Å². The molecule has 0 saturated carbocycles. The van der Waals surface area contributed by atoms with Crippen molar-refractivity contribution in [3.05, 3.63) is 41.9 Å². The predicted molar refractivity (Wildman–Crippen MR) is 101 cm³/mol. The third-order valence-electron chi connectivity index (χ3n) is 3.99. The zero-order chi connectivity index (χ0) is 19.3. The van der Waals surface area contributed by atoms with E-state index in [4.69, 9.17) is 0 Å². The Morgan fingerprint density at radius 1 is 1.08 bits per heavy atom. The number of rotatable bonds is 7. The summed E-state index contributed by atoms with van der Waals surface area (Å²) in [4.78, 5) is 20.4. The zero-order valence-corrected chi connectivity index (χ0v) is 16.2. The van der Waals surface area contributed by atoms with Crippen molar-refractivity contribution in [3.8, 4) is 0 Å². The molecule has 7 nitrogen and oxygen atoms in total. The van der Waals surface area contributed by atoms with Crippen molar-refractivity contribution in [2.45, 2.75) is 45.4 Å². The first kappa shape index (κ1) is 19.8. The molecule has 1 heterocycles. The van der Waals surface area contributed by atoms with Gasteiger partial charge in [0.05, 0.1) is 4.90 Å². The fourth-order valence-corrected chi connectivity index (χ4v) is 3.58. The van der Waals surface area contributed by atoms with Crippen LogP contribution in [0.15, 0.2) is 35.2 Å². The number of carbonyl (C=O) groups is 1. The molecule has 0 spiro atoms. The van der Waals surface area contributed by atoms with E-state index in [1.807, 2.05) is 13.8 Å². The highest BCUT2D eigenvalue weighted by atomic mass is 32.2. The molecule has 0 aliphatic rings. The second-order valence-corrected chi connectivity index (χ2v) is 7.76. The summed E-state index contributed by atoms with van der Waals surface area (Å²) in [7, 11) is -3.77. The van der Waals surface area contributed by atoms with Crippen LogP contribution in [0.4, 0.5) is 11.5 Å². The van der Waals surface area contributed by atoms with Crippen molar-refractivity contribution in [2.75, 3.05) is 10.0 Å².